The quantitative estimate of drug-likeness (QED) is 0.374. The number of carbonyl (C=O) groups is 1. The van der Waals surface area contributed by atoms with Crippen molar-refractivity contribution in [2.45, 2.75) is 12.3 Å². The van der Waals surface area contributed by atoms with Crippen LogP contribution in [0.15, 0.2) is 12.1 Å². The van der Waals surface area contributed by atoms with Gasteiger partial charge in [-0.05, 0) is 6.07 Å². The monoisotopic (exact) mass is 311 g/mol. The third-order valence-corrected chi connectivity index (χ3v) is 2.28. The number of alkyl halides is 4. The van der Waals surface area contributed by atoms with Crippen LogP contribution < -0.4 is 5.32 Å². The number of hydrogen-bond acceptors (Lipinski definition) is 6. The lowest BCUT2D eigenvalue weighted by Crippen LogP contribution is -2.35. The van der Waals surface area contributed by atoms with E-state index in [9.17, 15) is 32.5 Å². The van der Waals surface area contributed by atoms with Crippen molar-refractivity contribution in [2.75, 3.05) is 19.0 Å². The van der Waals surface area contributed by atoms with Crippen LogP contribution in [0.25, 0.3) is 0 Å². The number of aromatic nitrogens is 1. The molecule has 0 aliphatic rings. The van der Waals surface area contributed by atoms with Gasteiger partial charge in [-0.15, -0.1) is 0 Å². The lowest BCUT2D eigenvalue weighted by atomic mass is 10.3. The van der Waals surface area contributed by atoms with Crippen LogP contribution in [0.4, 0.5) is 29.1 Å². The first-order valence-electron chi connectivity index (χ1n) is 5.32. The predicted octanol–water partition coefficient (Wildman–Crippen LogP) is 2.09. The molecule has 7 nitrogen and oxygen atoms in total. The number of carbonyl (C=O) groups excluding carboxylic acids is 1. The number of anilines is 1. The second-order valence-corrected chi connectivity index (χ2v) is 3.73. The molecular weight excluding hydrogens is 302 g/mol. The minimum absolute atomic E-state index is 0.397. The topological polar surface area (TPSA) is 94.4 Å². The van der Waals surface area contributed by atoms with Crippen molar-refractivity contribution in [3.63, 3.8) is 0 Å². The van der Waals surface area contributed by atoms with E-state index in [1.807, 2.05) is 0 Å². The number of methoxy groups -OCH3 is 1. The van der Waals surface area contributed by atoms with Gasteiger partial charge in [0.15, 0.2) is 5.69 Å². The Morgan fingerprint density at radius 3 is 2.62 bits per heavy atom. The van der Waals surface area contributed by atoms with E-state index in [1.165, 1.54) is 0 Å². The molecule has 11 heteroatoms. The molecule has 0 saturated carbocycles. The molecule has 1 aromatic rings. The summed E-state index contributed by atoms with van der Waals surface area (Å²) in [6.07, 6.45) is -3.95. The maximum absolute atomic E-state index is 12.8. The van der Waals surface area contributed by atoms with Gasteiger partial charge in [-0.25, -0.2) is 18.6 Å². The first kappa shape index (κ1) is 16.6. The molecule has 0 unspecified atom stereocenters. The molecule has 1 heterocycles. The van der Waals surface area contributed by atoms with E-state index < -0.39 is 47.0 Å². The molecule has 21 heavy (non-hydrogen) atoms. The number of nitrogens with one attached hydrogen (secondary N) is 1. The molecule has 0 aliphatic carbocycles. The summed E-state index contributed by atoms with van der Waals surface area (Å²) < 4.78 is 53.9. The first-order valence-corrected chi connectivity index (χ1v) is 5.32. The van der Waals surface area contributed by atoms with Gasteiger partial charge >= 0.3 is 24.0 Å². The average Bonchev–Trinajstić information content (AvgIpc) is 2.43. The second-order valence-electron chi connectivity index (χ2n) is 3.73. The fourth-order valence-electron chi connectivity index (χ4n) is 1.23. The maximum atomic E-state index is 12.8. The van der Waals surface area contributed by atoms with Gasteiger partial charge in [0.25, 0.3) is 0 Å². The molecule has 1 N–H and O–H groups in total. The van der Waals surface area contributed by atoms with Crippen LogP contribution in [0.5, 0.6) is 0 Å². The Balaban J connectivity index is 3.07. The zero-order chi connectivity index (χ0) is 16.2. The zero-order valence-corrected chi connectivity index (χ0v) is 10.5. The molecule has 0 radical (unpaired) electrons. The van der Waals surface area contributed by atoms with Crippen molar-refractivity contribution in [3.8, 4) is 0 Å². The summed E-state index contributed by atoms with van der Waals surface area (Å²) in [7, 11) is 1.02. The van der Waals surface area contributed by atoms with Gasteiger partial charge in [-0.3, -0.25) is 10.1 Å². The number of pyridine rings is 1. The Hall–Kier alpha value is -2.46. The van der Waals surface area contributed by atoms with E-state index in [2.05, 4.69) is 9.72 Å². The normalized spacial score (nSPS) is 11.3. The summed E-state index contributed by atoms with van der Waals surface area (Å²) in [5, 5.41) is 12.4. The smallest absolute Gasteiger partial charge is 0.356 e. The third kappa shape index (κ3) is 4.00. The Labute approximate surface area is 115 Å². The SMILES string of the molecule is COC(=O)c1ccc([N+](=O)[O-])c(NCC(F)(F)C(F)F)n1. The minimum atomic E-state index is -4.41. The summed E-state index contributed by atoms with van der Waals surface area (Å²) in [5.41, 5.74) is -1.14. The first-order chi connectivity index (χ1) is 9.69. The van der Waals surface area contributed by atoms with Gasteiger partial charge in [0.2, 0.25) is 5.82 Å². The average molecular weight is 311 g/mol. The van der Waals surface area contributed by atoms with Gasteiger partial charge in [0.05, 0.1) is 18.6 Å². The van der Waals surface area contributed by atoms with Crippen LogP contribution in [0.3, 0.4) is 0 Å². The number of nitro groups is 1. The highest BCUT2D eigenvalue weighted by atomic mass is 19.3. The van der Waals surface area contributed by atoms with Crippen molar-refractivity contribution in [1.29, 1.82) is 0 Å². The summed E-state index contributed by atoms with van der Waals surface area (Å²) in [5.74, 6) is -6.10. The molecule has 0 aliphatic heterocycles. The highest BCUT2D eigenvalue weighted by Gasteiger charge is 2.41. The van der Waals surface area contributed by atoms with E-state index in [0.29, 0.717) is 0 Å². The second kappa shape index (κ2) is 6.33. The Morgan fingerprint density at radius 1 is 1.52 bits per heavy atom. The summed E-state index contributed by atoms with van der Waals surface area (Å²) >= 11 is 0. The number of halogens is 4. The van der Waals surface area contributed by atoms with Crippen molar-refractivity contribution < 1.29 is 32.0 Å². The van der Waals surface area contributed by atoms with Crippen LogP contribution in [0, 0.1) is 10.1 Å². The molecule has 1 rings (SSSR count). The highest BCUT2D eigenvalue weighted by molar-refractivity contribution is 5.88. The van der Waals surface area contributed by atoms with Crippen molar-refractivity contribution >= 4 is 17.5 Å². The van der Waals surface area contributed by atoms with E-state index in [1.54, 1.807) is 5.32 Å². The number of esters is 1. The fraction of sp³-hybridized carbons (Fsp3) is 0.400. The van der Waals surface area contributed by atoms with Crippen LogP contribution in [0.2, 0.25) is 0 Å². The Bertz CT molecular complexity index is 553. The zero-order valence-electron chi connectivity index (χ0n) is 10.5. The van der Waals surface area contributed by atoms with Gasteiger partial charge in [-0.2, -0.15) is 8.78 Å². The maximum Gasteiger partial charge on any atom is 0.356 e. The number of rotatable bonds is 6. The lowest BCUT2D eigenvalue weighted by Gasteiger charge is -2.16. The molecule has 116 valence electrons. The number of ether oxygens (including phenoxy) is 1. The molecule has 0 aromatic carbocycles. The van der Waals surface area contributed by atoms with E-state index in [0.717, 1.165) is 19.2 Å². The third-order valence-electron chi connectivity index (χ3n) is 2.28. The van der Waals surface area contributed by atoms with Crippen LogP contribution in [-0.2, 0) is 4.74 Å². The molecule has 1 aromatic heterocycles. The van der Waals surface area contributed by atoms with Crippen molar-refractivity contribution in [3.05, 3.63) is 27.9 Å². The standard InChI is InChI=1S/C10H9F4N3O4/c1-21-8(18)5-2-3-6(17(19)20)7(16-5)15-4-10(13,14)9(11)12/h2-3,9H,4H2,1H3,(H,15,16). The van der Waals surface area contributed by atoms with Crippen molar-refractivity contribution in [2.24, 2.45) is 0 Å². The number of hydrogen-bond donors (Lipinski definition) is 1. The molecule has 0 saturated heterocycles. The lowest BCUT2D eigenvalue weighted by molar-refractivity contribution is -0.384. The molecular formula is C10H9F4N3O4. The summed E-state index contributed by atoms with van der Waals surface area (Å²) in [6, 6.07) is 1.77. The van der Waals surface area contributed by atoms with Crippen LogP contribution >= 0.6 is 0 Å². The van der Waals surface area contributed by atoms with Gasteiger partial charge < -0.3 is 10.1 Å². The highest BCUT2D eigenvalue weighted by Crippen LogP contribution is 2.26. The Kier molecular flexibility index (Phi) is 5.00. The van der Waals surface area contributed by atoms with Gasteiger partial charge in [0, 0.05) is 6.07 Å². The Morgan fingerprint density at radius 2 is 2.14 bits per heavy atom. The summed E-state index contributed by atoms with van der Waals surface area (Å²) in [4.78, 5) is 24.4. The van der Waals surface area contributed by atoms with Crippen LogP contribution in [0.1, 0.15) is 10.5 Å². The largest absolute Gasteiger partial charge is 0.464 e. The van der Waals surface area contributed by atoms with E-state index in [-0.39, 0.29) is 0 Å². The number of nitrogens with zero attached hydrogens (tertiary/aromatic N) is 2. The summed E-state index contributed by atoms with van der Waals surface area (Å²) in [6.45, 7) is -1.58. The predicted molar refractivity (Wildman–Crippen MR) is 61.7 cm³/mol. The van der Waals surface area contributed by atoms with Crippen molar-refractivity contribution in [1.82, 2.24) is 4.98 Å². The molecule has 0 bridgehead atoms. The molecule has 0 spiro atoms. The molecule has 0 fully saturated rings. The van der Waals surface area contributed by atoms with E-state index in [4.69, 9.17) is 0 Å². The fourth-order valence-corrected chi connectivity index (χ4v) is 1.23. The van der Waals surface area contributed by atoms with Gasteiger partial charge in [0.1, 0.15) is 0 Å². The minimum Gasteiger partial charge on any atom is -0.464 e. The van der Waals surface area contributed by atoms with Gasteiger partial charge in [-0.1, -0.05) is 0 Å². The van der Waals surface area contributed by atoms with Crippen LogP contribution in [-0.4, -0.2) is 41.9 Å². The molecule has 0 atom stereocenters. The van der Waals surface area contributed by atoms with E-state index >= 15 is 0 Å². The molecule has 0 amide bonds.